The third-order valence-electron chi connectivity index (χ3n) is 4.74. The number of likely N-dealkylation sites (tertiary alicyclic amines) is 1. The van der Waals surface area contributed by atoms with E-state index < -0.39 is 0 Å². The second-order valence-electron chi connectivity index (χ2n) is 6.67. The summed E-state index contributed by atoms with van der Waals surface area (Å²) in [5.41, 5.74) is 9.31. The minimum Gasteiger partial charge on any atom is -0.326 e. The second kappa shape index (κ2) is 7.39. The Morgan fingerprint density at radius 3 is 2.67 bits per heavy atom. The minimum atomic E-state index is 0.203. The zero-order chi connectivity index (χ0) is 15.4. The molecule has 0 aliphatic carbocycles. The molecular weight excluding hydrogens is 258 g/mol. The maximum absolute atomic E-state index is 6.54. The van der Waals surface area contributed by atoms with Crippen LogP contribution in [0.2, 0.25) is 0 Å². The van der Waals surface area contributed by atoms with Gasteiger partial charge in [-0.2, -0.15) is 0 Å². The lowest BCUT2D eigenvalue weighted by atomic mass is 9.92. The predicted molar refractivity (Wildman–Crippen MR) is 90.5 cm³/mol. The van der Waals surface area contributed by atoms with Crippen molar-refractivity contribution in [3.05, 3.63) is 35.4 Å². The molecule has 1 fully saturated rings. The lowest BCUT2D eigenvalue weighted by Gasteiger charge is -2.38. The molecule has 3 unspecified atom stereocenters. The highest BCUT2D eigenvalue weighted by atomic mass is 15.3. The first kappa shape index (κ1) is 16.5. The van der Waals surface area contributed by atoms with Crippen molar-refractivity contribution in [2.24, 2.45) is 5.73 Å². The molecule has 1 aromatic carbocycles. The summed E-state index contributed by atoms with van der Waals surface area (Å²) in [5, 5.41) is 0. The highest BCUT2D eigenvalue weighted by Gasteiger charge is 2.35. The number of hydrogen-bond acceptors (Lipinski definition) is 3. The van der Waals surface area contributed by atoms with Crippen LogP contribution in [0.1, 0.15) is 43.4 Å². The number of likely N-dealkylation sites (N-methyl/N-ethyl adjacent to an activating group) is 1. The molecule has 2 N–H and O–H groups in total. The van der Waals surface area contributed by atoms with E-state index in [1.165, 1.54) is 30.5 Å². The zero-order valence-electron chi connectivity index (χ0n) is 14.0. The second-order valence-corrected chi connectivity index (χ2v) is 6.67. The van der Waals surface area contributed by atoms with Gasteiger partial charge in [-0.05, 0) is 58.0 Å². The lowest BCUT2D eigenvalue weighted by molar-refractivity contribution is 0.131. The third kappa shape index (κ3) is 3.85. The van der Waals surface area contributed by atoms with Gasteiger partial charge in [0.25, 0.3) is 0 Å². The van der Waals surface area contributed by atoms with Crippen LogP contribution >= 0.6 is 0 Å². The molecule has 1 aliphatic rings. The largest absolute Gasteiger partial charge is 0.326 e. The van der Waals surface area contributed by atoms with E-state index in [1.54, 1.807) is 0 Å². The van der Waals surface area contributed by atoms with Gasteiger partial charge in [0, 0.05) is 18.6 Å². The van der Waals surface area contributed by atoms with E-state index in [-0.39, 0.29) is 6.04 Å². The fourth-order valence-corrected chi connectivity index (χ4v) is 3.64. The summed E-state index contributed by atoms with van der Waals surface area (Å²) in [4.78, 5) is 4.96. The Morgan fingerprint density at radius 1 is 1.33 bits per heavy atom. The molecular formula is C18H31N3. The molecule has 3 nitrogen and oxygen atoms in total. The van der Waals surface area contributed by atoms with E-state index in [2.05, 4.69) is 62.0 Å². The molecule has 1 saturated heterocycles. The SMILES string of the molecule is CCC(N)C(c1ccccc1C)N1CCCC1CN(C)C. The summed E-state index contributed by atoms with van der Waals surface area (Å²) < 4.78 is 0. The van der Waals surface area contributed by atoms with E-state index in [9.17, 15) is 0 Å². The monoisotopic (exact) mass is 289 g/mol. The first-order valence-corrected chi connectivity index (χ1v) is 8.26. The molecule has 0 saturated carbocycles. The average Bonchev–Trinajstić information content (AvgIpc) is 2.88. The standard InChI is InChI=1S/C18H31N3/c1-5-17(19)18(16-11-7-6-9-14(16)2)21-12-8-10-15(21)13-20(3)4/h6-7,9,11,15,17-18H,5,8,10,12-13,19H2,1-4H3. The zero-order valence-corrected chi connectivity index (χ0v) is 14.0. The van der Waals surface area contributed by atoms with Gasteiger partial charge in [0.1, 0.15) is 0 Å². The van der Waals surface area contributed by atoms with Crippen molar-refractivity contribution >= 4 is 0 Å². The van der Waals surface area contributed by atoms with Crippen LogP contribution in [0.25, 0.3) is 0 Å². The lowest BCUT2D eigenvalue weighted by Crippen LogP contribution is -2.46. The van der Waals surface area contributed by atoms with Crippen LogP contribution in [0.3, 0.4) is 0 Å². The summed E-state index contributed by atoms with van der Waals surface area (Å²) in [7, 11) is 4.33. The molecule has 1 aliphatic heterocycles. The Bertz CT molecular complexity index is 444. The molecule has 0 bridgehead atoms. The van der Waals surface area contributed by atoms with Crippen LogP contribution in [-0.4, -0.2) is 49.1 Å². The number of hydrogen-bond donors (Lipinski definition) is 1. The summed E-state index contributed by atoms with van der Waals surface area (Å²) in [6.07, 6.45) is 3.60. The molecule has 1 heterocycles. The van der Waals surface area contributed by atoms with E-state index in [1.807, 2.05) is 0 Å². The van der Waals surface area contributed by atoms with Crippen LogP contribution in [0.5, 0.6) is 0 Å². The van der Waals surface area contributed by atoms with Gasteiger partial charge in [-0.3, -0.25) is 4.90 Å². The van der Waals surface area contributed by atoms with Crippen molar-refractivity contribution in [1.29, 1.82) is 0 Å². The average molecular weight is 289 g/mol. The normalized spacial score (nSPS) is 22.7. The van der Waals surface area contributed by atoms with E-state index in [4.69, 9.17) is 5.73 Å². The quantitative estimate of drug-likeness (QED) is 0.874. The Balaban J connectivity index is 2.30. The van der Waals surface area contributed by atoms with Gasteiger partial charge in [0.15, 0.2) is 0 Å². The number of benzene rings is 1. The predicted octanol–water partition coefficient (Wildman–Crippen LogP) is 2.80. The van der Waals surface area contributed by atoms with Gasteiger partial charge < -0.3 is 10.6 Å². The molecule has 0 aromatic heterocycles. The van der Waals surface area contributed by atoms with Gasteiger partial charge in [-0.15, -0.1) is 0 Å². The molecule has 21 heavy (non-hydrogen) atoms. The van der Waals surface area contributed by atoms with Crippen molar-refractivity contribution in [3.63, 3.8) is 0 Å². The third-order valence-corrected chi connectivity index (χ3v) is 4.74. The van der Waals surface area contributed by atoms with E-state index in [0.717, 1.165) is 13.0 Å². The van der Waals surface area contributed by atoms with Crippen LogP contribution < -0.4 is 5.73 Å². The van der Waals surface area contributed by atoms with Gasteiger partial charge in [0.2, 0.25) is 0 Å². The number of nitrogens with zero attached hydrogens (tertiary/aromatic N) is 2. The maximum Gasteiger partial charge on any atom is 0.0505 e. The molecule has 3 atom stereocenters. The Hall–Kier alpha value is -0.900. The van der Waals surface area contributed by atoms with Crippen molar-refractivity contribution in [2.45, 2.75) is 51.2 Å². The maximum atomic E-state index is 6.54. The molecule has 0 amide bonds. The fraction of sp³-hybridized carbons (Fsp3) is 0.667. The van der Waals surface area contributed by atoms with Gasteiger partial charge in [-0.1, -0.05) is 31.2 Å². The smallest absolute Gasteiger partial charge is 0.0505 e. The number of rotatable bonds is 6. The topological polar surface area (TPSA) is 32.5 Å². The Kier molecular flexibility index (Phi) is 5.80. The molecule has 3 heteroatoms. The van der Waals surface area contributed by atoms with Crippen LogP contribution in [0.4, 0.5) is 0 Å². The molecule has 1 aromatic rings. The van der Waals surface area contributed by atoms with Crippen LogP contribution in [-0.2, 0) is 0 Å². The van der Waals surface area contributed by atoms with Gasteiger partial charge in [-0.25, -0.2) is 0 Å². The first-order chi connectivity index (χ1) is 10.0. The minimum absolute atomic E-state index is 0.203. The van der Waals surface area contributed by atoms with Gasteiger partial charge in [0.05, 0.1) is 6.04 Å². The molecule has 0 spiro atoms. The molecule has 2 rings (SSSR count). The Morgan fingerprint density at radius 2 is 2.05 bits per heavy atom. The fourth-order valence-electron chi connectivity index (χ4n) is 3.64. The number of nitrogens with two attached hydrogens (primary N) is 1. The first-order valence-electron chi connectivity index (χ1n) is 8.26. The summed E-state index contributed by atoms with van der Waals surface area (Å²) in [6.45, 7) is 6.71. The highest BCUT2D eigenvalue weighted by Crippen LogP contribution is 2.34. The van der Waals surface area contributed by atoms with Crippen molar-refractivity contribution < 1.29 is 0 Å². The van der Waals surface area contributed by atoms with Crippen LogP contribution in [0, 0.1) is 6.92 Å². The van der Waals surface area contributed by atoms with Crippen molar-refractivity contribution in [3.8, 4) is 0 Å². The van der Waals surface area contributed by atoms with Crippen molar-refractivity contribution in [2.75, 3.05) is 27.2 Å². The van der Waals surface area contributed by atoms with E-state index in [0.29, 0.717) is 12.1 Å². The summed E-state index contributed by atoms with van der Waals surface area (Å²) >= 11 is 0. The number of aryl methyl sites for hydroxylation is 1. The molecule has 118 valence electrons. The van der Waals surface area contributed by atoms with Crippen molar-refractivity contribution in [1.82, 2.24) is 9.80 Å². The Labute approximate surface area is 130 Å². The summed E-state index contributed by atoms with van der Waals surface area (Å²) in [6, 6.07) is 9.92. The summed E-state index contributed by atoms with van der Waals surface area (Å²) in [5.74, 6) is 0. The van der Waals surface area contributed by atoms with E-state index >= 15 is 0 Å². The molecule has 0 radical (unpaired) electrons. The van der Waals surface area contributed by atoms with Crippen LogP contribution in [0.15, 0.2) is 24.3 Å². The highest BCUT2D eigenvalue weighted by molar-refractivity contribution is 5.30. The van der Waals surface area contributed by atoms with Gasteiger partial charge >= 0.3 is 0 Å².